The molecule has 0 unspecified atom stereocenters. The molecule has 0 radical (unpaired) electrons. The van der Waals surface area contributed by atoms with Gasteiger partial charge in [-0.15, -0.1) is 0 Å². The van der Waals surface area contributed by atoms with Gasteiger partial charge in [-0.3, -0.25) is 0 Å². The lowest BCUT2D eigenvalue weighted by Crippen LogP contribution is -2.44. The average molecular weight is 510 g/mol. The van der Waals surface area contributed by atoms with Gasteiger partial charge in [-0.25, -0.2) is 0 Å². The number of nitrogens with zero attached hydrogens (tertiary/aromatic N) is 1. The van der Waals surface area contributed by atoms with Crippen molar-refractivity contribution in [1.29, 1.82) is 0 Å². The summed E-state index contributed by atoms with van der Waals surface area (Å²) in [6, 6.07) is 1.66. The molecule has 33 heavy (non-hydrogen) atoms. The van der Waals surface area contributed by atoms with E-state index < -0.39 is 17.6 Å². The normalized spacial score (nSPS) is 12.7. The van der Waals surface area contributed by atoms with Crippen LogP contribution in [0.5, 0.6) is 0 Å². The molecular formula is C24H55NO6Si2. The first-order chi connectivity index (χ1) is 16.0. The molecule has 0 spiro atoms. The van der Waals surface area contributed by atoms with E-state index in [9.17, 15) is 0 Å². The number of hydrogen-bond acceptors (Lipinski definition) is 7. The van der Waals surface area contributed by atoms with Crippen LogP contribution < -0.4 is 0 Å². The predicted molar refractivity (Wildman–Crippen MR) is 141 cm³/mol. The molecular weight excluding hydrogens is 454 g/mol. The first kappa shape index (κ1) is 33.2. The lowest BCUT2D eigenvalue weighted by atomic mass is 10.1. The van der Waals surface area contributed by atoms with E-state index in [-0.39, 0.29) is 0 Å². The van der Waals surface area contributed by atoms with Crippen molar-refractivity contribution < 1.29 is 26.6 Å². The van der Waals surface area contributed by atoms with Crippen LogP contribution in [0.2, 0.25) is 12.1 Å². The Morgan fingerprint density at radius 1 is 0.424 bits per heavy atom. The first-order valence-corrected chi connectivity index (χ1v) is 16.9. The maximum Gasteiger partial charge on any atom is 0.500 e. The maximum absolute atomic E-state index is 5.59. The van der Waals surface area contributed by atoms with Gasteiger partial charge in [0.1, 0.15) is 0 Å². The summed E-state index contributed by atoms with van der Waals surface area (Å²) in [5.74, 6) is 0. The third kappa shape index (κ3) is 15.0. The number of unbranched alkanes of at least 4 members (excludes halogenated alkanes) is 9. The van der Waals surface area contributed by atoms with E-state index >= 15 is 0 Å². The molecule has 0 aromatic heterocycles. The van der Waals surface area contributed by atoms with Crippen molar-refractivity contribution in [1.82, 2.24) is 4.90 Å². The Bertz CT molecular complexity index is 383. The molecule has 0 aromatic rings. The maximum atomic E-state index is 5.59. The topological polar surface area (TPSA) is 58.6 Å². The van der Waals surface area contributed by atoms with Gasteiger partial charge < -0.3 is 31.5 Å². The van der Waals surface area contributed by atoms with Crippen LogP contribution in [0.3, 0.4) is 0 Å². The Kier molecular flexibility index (Phi) is 21.5. The van der Waals surface area contributed by atoms with E-state index in [4.69, 9.17) is 26.6 Å². The van der Waals surface area contributed by atoms with Crippen molar-refractivity contribution >= 4 is 17.6 Å². The monoisotopic (exact) mass is 509 g/mol. The Morgan fingerprint density at radius 3 is 1.06 bits per heavy atom. The van der Waals surface area contributed by atoms with Crippen molar-refractivity contribution in [3.8, 4) is 0 Å². The zero-order valence-corrected chi connectivity index (χ0v) is 24.9. The van der Waals surface area contributed by atoms with E-state index in [2.05, 4.69) is 11.8 Å². The fourth-order valence-corrected chi connectivity index (χ4v) is 7.72. The van der Waals surface area contributed by atoms with Crippen molar-refractivity contribution in [2.75, 3.05) is 62.3 Å². The van der Waals surface area contributed by atoms with E-state index in [0.29, 0.717) is 0 Å². The van der Waals surface area contributed by atoms with E-state index in [1.807, 2.05) is 0 Å². The van der Waals surface area contributed by atoms with Crippen LogP contribution in [0.4, 0.5) is 0 Å². The Balaban J connectivity index is 4.42. The van der Waals surface area contributed by atoms with E-state index in [1.165, 1.54) is 64.2 Å². The smallest absolute Gasteiger partial charge is 0.377 e. The van der Waals surface area contributed by atoms with Crippen LogP contribution in [0.25, 0.3) is 0 Å². The first-order valence-electron chi connectivity index (χ1n) is 13.0. The Hall–Kier alpha value is 0.154. The number of hydrogen-bond donors (Lipinski definition) is 0. The molecule has 0 N–H and O–H groups in total. The summed E-state index contributed by atoms with van der Waals surface area (Å²) < 4.78 is 33.5. The lowest BCUT2D eigenvalue weighted by molar-refractivity contribution is 0.119. The highest BCUT2D eigenvalue weighted by molar-refractivity contribution is 6.60. The van der Waals surface area contributed by atoms with Gasteiger partial charge in [0.05, 0.1) is 0 Å². The number of rotatable bonds is 25. The SMILES string of the molecule is CCCCCCCCCCCCN(CCC[Si](OC)(OC)OC)CCC[Si](OC)(OC)OC. The molecule has 0 aliphatic carbocycles. The standard InChI is InChI=1S/C24H55NO6Si2/c1-8-9-10-11-12-13-14-15-16-17-20-25(21-18-23-32(26-2,27-3)28-4)22-19-24-33(29-5,30-6)31-7/h8-24H2,1-7H3. The molecule has 0 rings (SSSR count). The summed E-state index contributed by atoms with van der Waals surface area (Å²) in [6.45, 7) is 5.44. The van der Waals surface area contributed by atoms with Gasteiger partial charge in [-0.2, -0.15) is 0 Å². The van der Waals surface area contributed by atoms with Gasteiger partial charge in [-0.1, -0.05) is 64.7 Å². The molecule has 0 amide bonds. The van der Waals surface area contributed by atoms with Gasteiger partial charge in [0.25, 0.3) is 0 Å². The largest absolute Gasteiger partial charge is 0.500 e. The zero-order valence-electron chi connectivity index (χ0n) is 22.9. The second-order valence-electron chi connectivity index (χ2n) is 8.82. The minimum atomic E-state index is -2.51. The highest BCUT2D eigenvalue weighted by Gasteiger charge is 2.38. The van der Waals surface area contributed by atoms with Crippen LogP contribution in [0, 0.1) is 0 Å². The van der Waals surface area contributed by atoms with Crippen LogP contribution in [0.15, 0.2) is 0 Å². The molecule has 0 bridgehead atoms. The summed E-state index contributed by atoms with van der Waals surface area (Å²) in [4.78, 5) is 2.56. The predicted octanol–water partition coefficient (Wildman–Crippen LogP) is 5.75. The molecule has 0 aliphatic rings. The van der Waals surface area contributed by atoms with Crippen molar-refractivity contribution in [3.05, 3.63) is 0 Å². The van der Waals surface area contributed by atoms with Crippen LogP contribution in [-0.4, -0.2) is 84.8 Å². The minimum Gasteiger partial charge on any atom is -0.377 e. The Labute approximate surface area is 207 Å². The summed E-state index contributed by atoms with van der Waals surface area (Å²) in [7, 11) is 5.10. The quantitative estimate of drug-likeness (QED) is 0.115. The van der Waals surface area contributed by atoms with Gasteiger partial charge in [0, 0.05) is 54.7 Å². The molecule has 200 valence electrons. The second-order valence-corrected chi connectivity index (χ2v) is 15.0. The van der Waals surface area contributed by atoms with Crippen LogP contribution in [0.1, 0.15) is 84.0 Å². The van der Waals surface area contributed by atoms with Gasteiger partial charge in [0.2, 0.25) is 0 Å². The summed E-state index contributed by atoms with van der Waals surface area (Å²) in [5, 5.41) is 0. The molecule has 0 heterocycles. The molecule has 7 nitrogen and oxygen atoms in total. The third-order valence-electron chi connectivity index (χ3n) is 6.61. The highest BCUT2D eigenvalue weighted by atomic mass is 28.4. The van der Waals surface area contributed by atoms with Gasteiger partial charge in [-0.05, 0) is 38.9 Å². The Morgan fingerprint density at radius 2 is 0.727 bits per heavy atom. The van der Waals surface area contributed by atoms with Crippen molar-refractivity contribution in [2.24, 2.45) is 0 Å². The van der Waals surface area contributed by atoms with Gasteiger partial charge in [0.15, 0.2) is 0 Å². The molecule has 0 aromatic carbocycles. The zero-order chi connectivity index (χ0) is 24.8. The summed E-state index contributed by atoms with van der Waals surface area (Å²) >= 11 is 0. The van der Waals surface area contributed by atoms with Crippen LogP contribution in [-0.2, 0) is 26.6 Å². The summed E-state index contributed by atoms with van der Waals surface area (Å²) in [5.41, 5.74) is 0. The highest BCUT2D eigenvalue weighted by Crippen LogP contribution is 2.18. The van der Waals surface area contributed by atoms with Crippen molar-refractivity contribution in [3.63, 3.8) is 0 Å². The van der Waals surface area contributed by atoms with Crippen molar-refractivity contribution in [2.45, 2.75) is 96.1 Å². The fraction of sp³-hybridized carbons (Fsp3) is 1.00. The molecule has 0 aliphatic heterocycles. The summed E-state index contributed by atoms with van der Waals surface area (Å²) in [6.07, 6.45) is 15.6. The molecule has 0 saturated heterocycles. The van der Waals surface area contributed by atoms with E-state index in [0.717, 1.165) is 44.6 Å². The third-order valence-corrected chi connectivity index (χ3v) is 12.3. The molecule has 0 atom stereocenters. The molecule has 0 fully saturated rings. The van der Waals surface area contributed by atoms with Crippen LogP contribution >= 0.6 is 0 Å². The average Bonchev–Trinajstić information content (AvgIpc) is 2.85. The fourth-order valence-electron chi connectivity index (χ4n) is 4.31. The minimum absolute atomic E-state index is 0.831. The van der Waals surface area contributed by atoms with Gasteiger partial charge >= 0.3 is 17.6 Å². The molecule has 0 saturated carbocycles. The second kappa shape index (κ2) is 21.4. The van der Waals surface area contributed by atoms with E-state index in [1.54, 1.807) is 42.7 Å². The molecule has 9 heteroatoms. The lowest BCUT2D eigenvalue weighted by Gasteiger charge is -2.28.